The lowest BCUT2D eigenvalue weighted by molar-refractivity contribution is -0.916. The maximum atomic E-state index is 12.6. The molecule has 1 aliphatic carbocycles. The average molecular weight is 355 g/mol. The van der Waals surface area contributed by atoms with Crippen molar-refractivity contribution < 1.29 is 19.2 Å². The topological polar surface area (TPSA) is 52.0 Å². The van der Waals surface area contributed by atoms with Gasteiger partial charge in [0.05, 0.1) is 25.4 Å². The van der Waals surface area contributed by atoms with E-state index in [2.05, 4.69) is 17.4 Å². The van der Waals surface area contributed by atoms with Crippen LogP contribution in [0, 0.1) is 0 Å². The van der Waals surface area contributed by atoms with Crippen LogP contribution in [0.4, 0.5) is 5.69 Å². The fourth-order valence-corrected chi connectivity index (χ4v) is 3.10. The molecule has 1 amide bonds. The Balaban J connectivity index is 1.61. The maximum absolute atomic E-state index is 12.6. The Kier molecular flexibility index (Phi) is 6.12. The number of hydrogen-bond donors (Lipinski definition) is 2. The Bertz CT molecular complexity index is 726. The molecule has 1 unspecified atom stereocenters. The molecule has 0 radical (unpaired) electrons. The summed E-state index contributed by atoms with van der Waals surface area (Å²) in [6.45, 7) is 3.81. The van der Waals surface area contributed by atoms with Crippen molar-refractivity contribution in [3.8, 4) is 11.5 Å². The summed E-state index contributed by atoms with van der Waals surface area (Å²) >= 11 is 0. The number of para-hydroxylation sites is 2. The van der Waals surface area contributed by atoms with E-state index in [9.17, 15) is 4.79 Å². The highest BCUT2D eigenvalue weighted by Gasteiger charge is 2.34. The van der Waals surface area contributed by atoms with Gasteiger partial charge >= 0.3 is 0 Å². The first kappa shape index (κ1) is 18.3. The van der Waals surface area contributed by atoms with Gasteiger partial charge in [0.15, 0.2) is 6.54 Å². The van der Waals surface area contributed by atoms with Gasteiger partial charge in [0.1, 0.15) is 18.0 Å². The molecule has 5 heteroatoms. The highest BCUT2D eigenvalue weighted by molar-refractivity contribution is 5.92. The second kappa shape index (κ2) is 8.72. The van der Waals surface area contributed by atoms with Gasteiger partial charge in [-0.1, -0.05) is 12.1 Å². The van der Waals surface area contributed by atoms with Crippen LogP contribution in [-0.2, 0) is 11.3 Å². The fourth-order valence-electron chi connectivity index (χ4n) is 3.10. The molecule has 2 aromatic rings. The van der Waals surface area contributed by atoms with E-state index in [1.807, 2.05) is 43.3 Å². The summed E-state index contributed by atoms with van der Waals surface area (Å²) in [5.41, 5.74) is 1.95. The van der Waals surface area contributed by atoms with E-state index in [4.69, 9.17) is 9.47 Å². The third-order valence-corrected chi connectivity index (χ3v) is 4.59. The molecule has 0 spiro atoms. The van der Waals surface area contributed by atoms with E-state index in [1.54, 1.807) is 7.11 Å². The second-order valence-electron chi connectivity index (χ2n) is 6.61. The third-order valence-electron chi connectivity index (χ3n) is 4.59. The number of quaternary nitrogens is 1. The molecule has 0 aliphatic heterocycles. The highest BCUT2D eigenvalue weighted by Crippen LogP contribution is 2.23. The van der Waals surface area contributed by atoms with Crippen molar-refractivity contribution in [1.82, 2.24) is 0 Å². The minimum Gasteiger partial charge on any atom is -0.497 e. The molecule has 0 aromatic heterocycles. The van der Waals surface area contributed by atoms with Crippen LogP contribution >= 0.6 is 0 Å². The number of rotatable bonds is 9. The Morgan fingerprint density at radius 1 is 1.15 bits per heavy atom. The molecule has 1 aliphatic rings. The molecule has 138 valence electrons. The number of benzene rings is 2. The van der Waals surface area contributed by atoms with Crippen molar-refractivity contribution >= 4 is 11.6 Å². The summed E-state index contributed by atoms with van der Waals surface area (Å²) in [6.07, 6.45) is 2.38. The second-order valence-corrected chi connectivity index (χ2v) is 6.61. The van der Waals surface area contributed by atoms with Gasteiger partial charge in [0, 0.05) is 18.4 Å². The molecule has 1 saturated carbocycles. The largest absolute Gasteiger partial charge is 0.497 e. The Morgan fingerprint density at radius 3 is 2.54 bits per heavy atom. The summed E-state index contributed by atoms with van der Waals surface area (Å²) in [4.78, 5) is 13.9. The quantitative estimate of drug-likeness (QED) is 0.726. The number of ether oxygens (including phenoxy) is 2. The maximum Gasteiger partial charge on any atom is 0.279 e. The van der Waals surface area contributed by atoms with Crippen LogP contribution in [0.1, 0.15) is 25.3 Å². The van der Waals surface area contributed by atoms with Gasteiger partial charge < -0.3 is 19.7 Å². The molecule has 1 fully saturated rings. The predicted molar refractivity (Wildman–Crippen MR) is 102 cm³/mol. The molecule has 26 heavy (non-hydrogen) atoms. The first-order valence-corrected chi connectivity index (χ1v) is 9.18. The van der Waals surface area contributed by atoms with Gasteiger partial charge in [-0.05, 0) is 43.3 Å². The lowest BCUT2D eigenvalue weighted by Crippen LogP contribution is -3.13. The van der Waals surface area contributed by atoms with E-state index >= 15 is 0 Å². The van der Waals surface area contributed by atoms with Gasteiger partial charge in [0.2, 0.25) is 0 Å². The summed E-state index contributed by atoms with van der Waals surface area (Å²) in [5, 5.41) is 3.01. The normalized spacial score (nSPS) is 14.5. The molecule has 0 bridgehead atoms. The van der Waals surface area contributed by atoms with Gasteiger partial charge in [-0.3, -0.25) is 4.79 Å². The van der Waals surface area contributed by atoms with Gasteiger partial charge in [-0.25, -0.2) is 0 Å². The number of carbonyl (C=O) groups is 1. The van der Waals surface area contributed by atoms with Crippen LogP contribution in [0.2, 0.25) is 0 Å². The van der Waals surface area contributed by atoms with Crippen molar-refractivity contribution in [2.24, 2.45) is 0 Å². The van der Waals surface area contributed by atoms with Crippen LogP contribution in [0.5, 0.6) is 11.5 Å². The average Bonchev–Trinajstić information content (AvgIpc) is 3.49. The summed E-state index contributed by atoms with van der Waals surface area (Å²) in [6, 6.07) is 16.2. The number of anilines is 1. The van der Waals surface area contributed by atoms with E-state index in [0.717, 1.165) is 18.0 Å². The highest BCUT2D eigenvalue weighted by atomic mass is 16.5. The van der Waals surface area contributed by atoms with E-state index in [1.165, 1.54) is 23.3 Å². The smallest absolute Gasteiger partial charge is 0.279 e. The van der Waals surface area contributed by atoms with E-state index in [0.29, 0.717) is 24.9 Å². The molecular formula is C21H27N2O3+. The van der Waals surface area contributed by atoms with Gasteiger partial charge in [-0.15, -0.1) is 0 Å². The first-order valence-electron chi connectivity index (χ1n) is 9.18. The molecule has 0 heterocycles. The number of amides is 1. The zero-order valence-electron chi connectivity index (χ0n) is 15.5. The SMILES string of the molecule is CCOc1ccccc1NC(=O)C[NH+](Cc1ccc(OC)cc1)C1CC1. The van der Waals surface area contributed by atoms with Crippen molar-refractivity contribution in [1.29, 1.82) is 0 Å². The summed E-state index contributed by atoms with van der Waals surface area (Å²) in [7, 11) is 1.67. The lowest BCUT2D eigenvalue weighted by Gasteiger charge is -2.19. The molecule has 1 atom stereocenters. The predicted octanol–water partition coefficient (Wildman–Crippen LogP) is 2.28. The van der Waals surface area contributed by atoms with Crippen LogP contribution < -0.4 is 19.7 Å². The molecule has 2 aromatic carbocycles. The number of methoxy groups -OCH3 is 1. The molecule has 3 rings (SSSR count). The van der Waals surface area contributed by atoms with Crippen molar-refractivity contribution in [2.45, 2.75) is 32.4 Å². The molecule has 0 saturated heterocycles. The number of carbonyl (C=O) groups excluding carboxylic acids is 1. The van der Waals surface area contributed by atoms with Crippen LogP contribution in [0.3, 0.4) is 0 Å². The molecule has 5 nitrogen and oxygen atoms in total. The summed E-state index contributed by atoms with van der Waals surface area (Å²) in [5.74, 6) is 1.59. The zero-order chi connectivity index (χ0) is 18.4. The van der Waals surface area contributed by atoms with Crippen LogP contribution in [0.25, 0.3) is 0 Å². The van der Waals surface area contributed by atoms with Crippen molar-refractivity contribution in [2.75, 3.05) is 25.6 Å². The van der Waals surface area contributed by atoms with Crippen LogP contribution in [-0.4, -0.2) is 32.2 Å². The zero-order valence-corrected chi connectivity index (χ0v) is 15.5. The Morgan fingerprint density at radius 2 is 1.88 bits per heavy atom. The molecular weight excluding hydrogens is 328 g/mol. The Hall–Kier alpha value is -2.53. The third kappa shape index (κ3) is 4.99. The molecule has 2 N–H and O–H groups in total. The number of nitrogens with one attached hydrogen (secondary N) is 2. The monoisotopic (exact) mass is 355 g/mol. The van der Waals surface area contributed by atoms with Gasteiger partial charge in [-0.2, -0.15) is 0 Å². The van der Waals surface area contributed by atoms with Crippen LogP contribution in [0.15, 0.2) is 48.5 Å². The fraction of sp³-hybridized carbons (Fsp3) is 0.381. The summed E-state index contributed by atoms with van der Waals surface area (Å²) < 4.78 is 10.8. The first-order chi connectivity index (χ1) is 12.7. The minimum absolute atomic E-state index is 0.0209. The number of hydrogen-bond acceptors (Lipinski definition) is 3. The van der Waals surface area contributed by atoms with Gasteiger partial charge in [0.25, 0.3) is 5.91 Å². The minimum atomic E-state index is 0.0209. The van der Waals surface area contributed by atoms with E-state index in [-0.39, 0.29) is 5.91 Å². The van der Waals surface area contributed by atoms with Crippen molar-refractivity contribution in [3.05, 3.63) is 54.1 Å². The standard InChI is InChI=1S/C21H26N2O3/c1-3-26-20-7-5-4-6-19(20)22-21(24)15-23(17-10-11-17)14-16-8-12-18(25-2)13-9-16/h4-9,12-13,17H,3,10-11,14-15H2,1-2H3,(H,22,24)/p+1. The Labute approximate surface area is 154 Å². The lowest BCUT2D eigenvalue weighted by atomic mass is 10.2. The van der Waals surface area contributed by atoms with Crippen molar-refractivity contribution in [3.63, 3.8) is 0 Å². The van der Waals surface area contributed by atoms with E-state index < -0.39 is 0 Å².